The van der Waals surface area contributed by atoms with Gasteiger partial charge in [-0.2, -0.15) is 0 Å². The van der Waals surface area contributed by atoms with Crippen LogP contribution in [0.1, 0.15) is 45.6 Å². The van der Waals surface area contributed by atoms with E-state index in [-0.39, 0.29) is 5.91 Å². The molecule has 0 atom stereocenters. The van der Waals surface area contributed by atoms with Gasteiger partial charge in [-0.15, -0.1) is 21.5 Å². The number of anilines is 1. The summed E-state index contributed by atoms with van der Waals surface area (Å²) in [5.41, 5.74) is 1.68. The Balaban J connectivity index is 1.67. The lowest BCUT2D eigenvalue weighted by Crippen LogP contribution is -2.10. The Morgan fingerprint density at radius 2 is 1.93 bits per heavy atom. The molecule has 3 aromatic rings. The third kappa shape index (κ3) is 4.64. The van der Waals surface area contributed by atoms with Gasteiger partial charge < -0.3 is 9.47 Å². The second kappa shape index (κ2) is 8.49. The maximum absolute atomic E-state index is 12.4. The van der Waals surface area contributed by atoms with Crippen LogP contribution in [-0.2, 0) is 6.42 Å². The molecule has 0 aliphatic carbocycles. The number of carbonyl (C=O) groups is 1. The number of nitrogens with zero attached hydrogens (tertiary/aromatic N) is 2. The van der Waals surface area contributed by atoms with Gasteiger partial charge in [-0.3, -0.25) is 10.1 Å². The summed E-state index contributed by atoms with van der Waals surface area (Å²) in [6, 6.07) is 7.66. The van der Waals surface area contributed by atoms with E-state index in [2.05, 4.69) is 29.4 Å². The highest BCUT2D eigenvalue weighted by atomic mass is 32.1. The molecule has 3 rings (SSSR count). The number of methoxy groups -OCH3 is 2. The quantitative estimate of drug-likeness (QED) is 0.625. The summed E-state index contributed by atoms with van der Waals surface area (Å²) < 4.78 is 10.6. The highest BCUT2D eigenvalue weighted by Crippen LogP contribution is 2.29. The number of nitrogens with one attached hydrogen (secondary N) is 1. The van der Waals surface area contributed by atoms with Gasteiger partial charge in [0.05, 0.1) is 19.8 Å². The Morgan fingerprint density at radius 1 is 1.15 bits per heavy atom. The van der Waals surface area contributed by atoms with Crippen LogP contribution < -0.4 is 14.8 Å². The third-order valence-corrected chi connectivity index (χ3v) is 6.01. The van der Waals surface area contributed by atoms with Crippen molar-refractivity contribution < 1.29 is 14.3 Å². The van der Waals surface area contributed by atoms with E-state index in [1.165, 1.54) is 16.2 Å². The average molecular weight is 404 g/mol. The van der Waals surface area contributed by atoms with Crippen molar-refractivity contribution in [1.82, 2.24) is 10.2 Å². The first-order valence-electron chi connectivity index (χ1n) is 8.43. The first kappa shape index (κ1) is 19.3. The Kier molecular flexibility index (Phi) is 6.08. The Hall–Kier alpha value is -2.45. The number of aromatic nitrogens is 2. The number of ether oxygens (including phenoxy) is 2. The fourth-order valence-electron chi connectivity index (χ4n) is 2.48. The number of hydrogen-bond acceptors (Lipinski definition) is 7. The van der Waals surface area contributed by atoms with Gasteiger partial charge in [0.2, 0.25) is 5.13 Å². The molecule has 0 saturated heterocycles. The zero-order valence-electron chi connectivity index (χ0n) is 15.6. The number of carbonyl (C=O) groups excluding carboxylic acids is 1. The van der Waals surface area contributed by atoms with Crippen molar-refractivity contribution in [3.8, 4) is 11.5 Å². The molecule has 0 bridgehead atoms. The summed E-state index contributed by atoms with van der Waals surface area (Å²) in [4.78, 5) is 13.6. The molecule has 142 valence electrons. The molecular formula is C19H21N3O3S2. The standard InChI is InChI=1S/C19H21N3O3S2/c1-11(2)16-9-13(10-26-16)18(23)20-19-22-21-17(27-19)8-12-5-6-14(24-3)15(7-12)25-4/h5-7,9-11H,8H2,1-4H3,(H,20,22,23). The molecular weight excluding hydrogens is 382 g/mol. The number of rotatable bonds is 7. The van der Waals surface area contributed by atoms with Gasteiger partial charge in [-0.1, -0.05) is 31.3 Å². The first-order valence-corrected chi connectivity index (χ1v) is 10.1. The monoisotopic (exact) mass is 403 g/mol. The van der Waals surface area contributed by atoms with E-state index in [0.717, 1.165) is 10.6 Å². The molecule has 2 aromatic heterocycles. The van der Waals surface area contributed by atoms with E-state index in [0.29, 0.717) is 34.5 Å². The second-order valence-corrected chi connectivity index (χ2v) is 8.22. The lowest BCUT2D eigenvalue weighted by molar-refractivity contribution is 0.102. The molecule has 0 saturated carbocycles. The lowest BCUT2D eigenvalue weighted by Gasteiger charge is -2.08. The second-order valence-electron chi connectivity index (χ2n) is 6.21. The van der Waals surface area contributed by atoms with Crippen molar-refractivity contribution in [2.45, 2.75) is 26.2 Å². The van der Waals surface area contributed by atoms with Gasteiger partial charge >= 0.3 is 0 Å². The molecule has 0 radical (unpaired) electrons. The molecule has 2 heterocycles. The van der Waals surface area contributed by atoms with E-state index < -0.39 is 0 Å². The summed E-state index contributed by atoms with van der Waals surface area (Å²) in [5.74, 6) is 1.60. The van der Waals surface area contributed by atoms with E-state index in [4.69, 9.17) is 9.47 Å². The summed E-state index contributed by atoms with van der Waals surface area (Å²) >= 11 is 2.96. The van der Waals surface area contributed by atoms with Crippen LogP contribution >= 0.6 is 22.7 Å². The Bertz CT molecular complexity index is 934. The van der Waals surface area contributed by atoms with Crippen LogP contribution in [0.5, 0.6) is 11.5 Å². The predicted octanol–water partition coefficient (Wildman–Crippen LogP) is 4.58. The summed E-state index contributed by atoms with van der Waals surface area (Å²) in [6.07, 6.45) is 0.601. The van der Waals surface area contributed by atoms with Crippen LogP contribution in [-0.4, -0.2) is 30.3 Å². The SMILES string of the molecule is COc1ccc(Cc2nnc(NC(=O)c3csc(C(C)C)c3)s2)cc1OC. The molecule has 0 spiro atoms. The first-order chi connectivity index (χ1) is 13.0. The zero-order chi connectivity index (χ0) is 19.4. The summed E-state index contributed by atoms with van der Waals surface area (Å²) in [6.45, 7) is 4.22. The van der Waals surface area contributed by atoms with E-state index >= 15 is 0 Å². The van der Waals surface area contributed by atoms with E-state index in [1.54, 1.807) is 25.6 Å². The van der Waals surface area contributed by atoms with Gasteiger partial charge in [-0.25, -0.2) is 0 Å². The smallest absolute Gasteiger partial charge is 0.258 e. The van der Waals surface area contributed by atoms with Crippen LogP contribution in [0.2, 0.25) is 0 Å². The minimum Gasteiger partial charge on any atom is -0.493 e. The molecule has 1 amide bonds. The van der Waals surface area contributed by atoms with E-state index in [9.17, 15) is 4.79 Å². The maximum Gasteiger partial charge on any atom is 0.258 e. The van der Waals surface area contributed by atoms with Crippen molar-refractivity contribution in [2.75, 3.05) is 19.5 Å². The highest BCUT2D eigenvalue weighted by Gasteiger charge is 2.14. The van der Waals surface area contributed by atoms with Gasteiger partial charge in [0, 0.05) is 16.7 Å². The molecule has 8 heteroatoms. The number of benzene rings is 1. The molecule has 1 N–H and O–H groups in total. The maximum atomic E-state index is 12.4. The molecule has 0 aliphatic heterocycles. The average Bonchev–Trinajstić information content (AvgIpc) is 3.31. The summed E-state index contributed by atoms with van der Waals surface area (Å²) in [5, 5.41) is 14.3. The topological polar surface area (TPSA) is 73.3 Å². The minimum absolute atomic E-state index is 0.160. The van der Waals surface area contributed by atoms with Crippen LogP contribution in [0.15, 0.2) is 29.6 Å². The van der Waals surface area contributed by atoms with Gasteiger partial charge in [-0.05, 0) is 29.7 Å². The van der Waals surface area contributed by atoms with Crippen LogP contribution in [0.25, 0.3) is 0 Å². The largest absolute Gasteiger partial charge is 0.493 e. The number of amides is 1. The summed E-state index contributed by atoms with van der Waals surface area (Å²) in [7, 11) is 3.21. The van der Waals surface area contributed by atoms with Gasteiger partial charge in [0.1, 0.15) is 5.01 Å². The Morgan fingerprint density at radius 3 is 2.59 bits per heavy atom. The van der Waals surface area contributed by atoms with Gasteiger partial charge in [0.15, 0.2) is 11.5 Å². The molecule has 6 nitrogen and oxygen atoms in total. The van der Waals surface area contributed by atoms with E-state index in [1.807, 2.05) is 29.6 Å². The molecule has 27 heavy (non-hydrogen) atoms. The normalized spacial score (nSPS) is 10.9. The molecule has 1 aromatic carbocycles. The fraction of sp³-hybridized carbons (Fsp3) is 0.316. The van der Waals surface area contributed by atoms with Gasteiger partial charge in [0.25, 0.3) is 5.91 Å². The van der Waals surface area contributed by atoms with Crippen LogP contribution in [0, 0.1) is 0 Å². The van der Waals surface area contributed by atoms with Crippen molar-refractivity contribution in [3.05, 3.63) is 50.7 Å². The number of thiophene rings is 1. The minimum atomic E-state index is -0.160. The lowest BCUT2D eigenvalue weighted by atomic mass is 10.1. The number of hydrogen-bond donors (Lipinski definition) is 1. The fourth-order valence-corrected chi connectivity index (χ4v) is 4.16. The van der Waals surface area contributed by atoms with Crippen LogP contribution in [0.3, 0.4) is 0 Å². The van der Waals surface area contributed by atoms with Crippen molar-refractivity contribution in [1.29, 1.82) is 0 Å². The van der Waals surface area contributed by atoms with Crippen LogP contribution in [0.4, 0.5) is 5.13 Å². The highest BCUT2D eigenvalue weighted by molar-refractivity contribution is 7.15. The predicted molar refractivity (Wildman–Crippen MR) is 109 cm³/mol. The zero-order valence-corrected chi connectivity index (χ0v) is 17.2. The molecule has 0 fully saturated rings. The Labute approximate surface area is 166 Å². The van der Waals surface area contributed by atoms with Crippen molar-refractivity contribution in [3.63, 3.8) is 0 Å². The third-order valence-electron chi connectivity index (χ3n) is 3.94. The van der Waals surface area contributed by atoms with Crippen molar-refractivity contribution in [2.24, 2.45) is 0 Å². The molecule has 0 unspecified atom stereocenters. The van der Waals surface area contributed by atoms with Crippen molar-refractivity contribution >= 4 is 33.7 Å². The molecule has 0 aliphatic rings.